The van der Waals surface area contributed by atoms with Crippen LogP contribution in [0.4, 0.5) is 0 Å². The molecule has 0 spiro atoms. The van der Waals surface area contributed by atoms with Crippen LogP contribution in [-0.2, 0) is 48.8 Å². The fourth-order valence-corrected chi connectivity index (χ4v) is 3.29. The van der Waals surface area contributed by atoms with Gasteiger partial charge in [-0.2, -0.15) is 0 Å². The second-order valence-corrected chi connectivity index (χ2v) is 10.1. The summed E-state index contributed by atoms with van der Waals surface area (Å²) in [5.74, 6) is -0.717. The molecule has 0 radical (unpaired) electrons. The molecule has 0 aliphatic rings. The molecule has 208 valence electrons. The summed E-state index contributed by atoms with van der Waals surface area (Å²) in [6.07, 6.45) is 5.48. The zero-order valence-electron chi connectivity index (χ0n) is 20.8. The summed E-state index contributed by atoms with van der Waals surface area (Å²) in [4.78, 5) is 19.1. The van der Waals surface area contributed by atoms with E-state index in [4.69, 9.17) is 23.9 Å². The summed E-state index contributed by atoms with van der Waals surface area (Å²) < 4.78 is 0. The number of hydrogen-bond donors (Lipinski definition) is 1. The van der Waals surface area contributed by atoms with Gasteiger partial charge in [0.2, 0.25) is 0 Å². The number of pyridine rings is 2. The number of carboxylic acid groups (broad SMARTS) is 1. The largest absolute Gasteiger partial charge is 0.693 e. The molecule has 10 heteroatoms. The zero-order valence-corrected chi connectivity index (χ0v) is 26.8. The van der Waals surface area contributed by atoms with E-state index in [2.05, 4.69) is 35.9 Å². The maximum atomic E-state index is 10.2. The van der Waals surface area contributed by atoms with Crippen LogP contribution in [0.25, 0.3) is 34.1 Å². The van der Waals surface area contributed by atoms with Crippen molar-refractivity contribution in [2.45, 2.75) is 33.1 Å². The molecule has 6 nitrogen and oxygen atoms in total. The molecule has 0 fully saturated rings. The number of benzene rings is 2. The van der Waals surface area contributed by atoms with Crippen LogP contribution < -0.4 is 0 Å². The van der Waals surface area contributed by atoms with Crippen molar-refractivity contribution in [1.82, 2.24) is 9.97 Å². The molecule has 5 N–H and O–H groups in total. The number of hydrogen-bond acceptors (Lipinski definition) is 3. The van der Waals surface area contributed by atoms with Crippen LogP contribution in [0.2, 0.25) is 0 Å². The molecule has 36 heavy (non-hydrogen) atoms. The zero-order chi connectivity index (χ0) is 22.6. The average molecular weight is 896 g/mol. The number of nitrogens with two attached hydrogens (primary N) is 2. The van der Waals surface area contributed by atoms with E-state index in [1.165, 1.54) is 27.5 Å². The van der Waals surface area contributed by atoms with Gasteiger partial charge in [-0.15, -0.1) is 0 Å². The molecule has 0 aliphatic heterocycles. The first-order valence-corrected chi connectivity index (χ1v) is 15.3. The number of rotatable bonds is 4. The minimum absolute atomic E-state index is 0. The van der Waals surface area contributed by atoms with Crippen LogP contribution in [0.3, 0.4) is 0 Å². The molecular formula is C26H34Cl2N4O2Pt2-4. The van der Waals surface area contributed by atoms with E-state index in [1.54, 1.807) is 0 Å². The van der Waals surface area contributed by atoms with E-state index < -0.39 is 22.5 Å². The Morgan fingerprint density at radius 1 is 0.833 bits per heavy atom. The monoisotopic (exact) mass is 894 g/mol. The molecule has 2 heterocycles. The predicted octanol–water partition coefficient (Wildman–Crippen LogP) is 9.20. The van der Waals surface area contributed by atoms with Gasteiger partial charge in [0.1, 0.15) is 0 Å². The van der Waals surface area contributed by atoms with E-state index >= 15 is 0 Å². The van der Waals surface area contributed by atoms with Crippen molar-refractivity contribution in [3.8, 4) is 0 Å². The molecule has 0 unspecified atom stereocenters. The predicted molar refractivity (Wildman–Crippen MR) is 149 cm³/mol. The molecule has 0 saturated heterocycles. The first kappa shape index (κ1) is 41.7. The molecule has 0 aliphatic carbocycles. The minimum atomic E-state index is -0.717. The minimum Gasteiger partial charge on any atom is -0.693 e. The summed E-state index contributed by atoms with van der Waals surface area (Å²) in [6, 6.07) is 18.1. The van der Waals surface area contributed by atoms with E-state index in [-0.39, 0.29) is 54.6 Å². The van der Waals surface area contributed by atoms with Gasteiger partial charge in [0, 0.05) is 50.7 Å². The molecule has 0 atom stereocenters. The first-order valence-electron chi connectivity index (χ1n) is 9.66. The van der Waals surface area contributed by atoms with Gasteiger partial charge >= 0.3 is 41.3 Å². The number of carbonyl (C=O) groups is 1. The third-order valence-electron chi connectivity index (χ3n) is 4.91. The van der Waals surface area contributed by atoms with Gasteiger partial charge in [0.25, 0.3) is 0 Å². The van der Waals surface area contributed by atoms with E-state index in [0.717, 1.165) is 23.9 Å². The SMILES string of the molecule is Cc1c(C)c2cccnc2c2ncccc12.O=C(O)CCCc1ccccc1.[CH3-].[CH3-].[Cl][Pt][Cl].[NH2-].[NH2-].[Pt]. The van der Waals surface area contributed by atoms with Gasteiger partial charge in [-0.25, -0.2) is 0 Å². The van der Waals surface area contributed by atoms with Gasteiger partial charge in [-0.3, -0.25) is 14.8 Å². The Balaban J connectivity index is -0.000000234. The first-order chi connectivity index (χ1) is 15.0. The van der Waals surface area contributed by atoms with Crippen molar-refractivity contribution < 1.29 is 47.4 Å². The quantitative estimate of drug-likeness (QED) is 0.162. The summed E-state index contributed by atoms with van der Waals surface area (Å²) in [5, 5.41) is 10.8. The smallest absolute Gasteiger partial charge is 0 e. The molecule has 0 saturated carbocycles. The van der Waals surface area contributed by atoms with Crippen LogP contribution in [0, 0.1) is 28.7 Å². The Kier molecular flexibility index (Phi) is 26.4. The number of aryl methyl sites for hydroxylation is 3. The van der Waals surface area contributed by atoms with Gasteiger partial charge in [0.15, 0.2) is 0 Å². The Labute approximate surface area is 246 Å². The standard InChI is InChI=1S/C14H12N2.C10H12O2.2CH3.2ClH.2H2N.2Pt/c1-9-10(2)12-6-4-8-16-14(12)13-11(9)5-3-7-15-13;11-10(12)8-4-7-9-5-2-1-3-6-9;;;;;;;;/h3-8H,1-2H3;1-3,5-6H,4,7-8H2,(H,11,12);2*1H3;2*1H;2*1H2;;/q;;2*-1;;;2*-1;;+2/p-2. The van der Waals surface area contributed by atoms with Crippen molar-refractivity contribution in [3.05, 3.63) is 111 Å². The third-order valence-corrected chi connectivity index (χ3v) is 4.91. The number of nitrogens with zero attached hydrogens (tertiary/aromatic N) is 2. The van der Waals surface area contributed by atoms with Crippen LogP contribution in [-0.4, -0.2) is 21.0 Å². The van der Waals surface area contributed by atoms with Gasteiger partial charge in [-0.05, 0) is 55.5 Å². The fourth-order valence-electron chi connectivity index (χ4n) is 3.29. The summed E-state index contributed by atoms with van der Waals surface area (Å²) in [5.41, 5.74) is 5.80. The van der Waals surface area contributed by atoms with Crippen LogP contribution in [0.1, 0.15) is 29.5 Å². The Bertz CT molecular complexity index is 1080. The van der Waals surface area contributed by atoms with Crippen molar-refractivity contribution in [1.29, 1.82) is 0 Å². The topological polar surface area (TPSA) is 130 Å². The van der Waals surface area contributed by atoms with Gasteiger partial charge in [-0.1, -0.05) is 42.5 Å². The van der Waals surface area contributed by atoms with Crippen LogP contribution in [0.15, 0.2) is 67.0 Å². The van der Waals surface area contributed by atoms with Crippen molar-refractivity contribution in [2.24, 2.45) is 0 Å². The molecule has 0 bridgehead atoms. The van der Waals surface area contributed by atoms with Crippen molar-refractivity contribution >= 4 is 46.6 Å². The van der Waals surface area contributed by atoms with E-state index in [1.807, 2.05) is 54.9 Å². The summed E-state index contributed by atoms with van der Waals surface area (Å²) >= 11 is -0.472. The third kappa shape index (κ3) is 12.7. The number of carboxylic acids is 1. The Hall–Kier alpha value is -1.39. The summed E-state index contributed by atoms with van der Waals surface area (Å²) in [7, 11) is 9.75. The number of aromatic nitrogens is 2. The normalized spacial score (nSPS) is 8.78. The summed E-state index contributed by atoms with van der Waals surface area (Å²) in [6.45, 7) is 4.29. The molecular weight excluding hydrogens is 861 g/mol. The molecule has 0 amide bonds. The second kappa shape index (κ2) is 22.8. The maximum Gasteiger partial charge on any atom is 0 e. The number of aliphatic carboxylic acids is 1. The van der Waals surface area contributed by atoms with E-state index in [0.29, 0.717) is 0 Å². The Morgan fingerprint density at radius 2 is 1.25 bits per heavy atom. The molecule has 4 rings (SSSR count). The van der Waals surface area contributed by atoms with Crippen LogP contribution >= 0.6 is 18.8 Å². The van der Waals surface area contributed by atoms with E-state index in [9.17, 15) is 4.79 Å². The molecule has 4 aromatic rings. The van der Waals surface area contributed by atoms with Crippen molar-refractivity contribution in [3.63, 3.8) is 0 Å². The molecule has 2 aromatic carbocycles. The second-order valence-electron chi connectivity index (χ2n) is 6.83. The number of fused-ring (bicyclic) bond motifs is 3. The fraction of sp³-hybridized carbons (Fsp3) is 0.192. The average Bonchev–Trinajstić information content (AvgIpc) is 2.79. The molecule has 2 aromatic heterocycles. The Morgan fingerprint density at radius 3 is 1.64 bits per heavy atom. The van der Waals surface area contributed by atoms with Gasteiger partial charge in [0.05, 0.1) is 11.0 Å². The van der Waals surface area contributed by atoms with Crippen LogP contribution in [0.5, 0.6) is 0 Å². The van der Waals surface area contributed by atoms with Crippen molar-refractivity contribution in [2.75, 3.05) is 0 Å². The van der Waals surface area contributed by atoms with Gasteiger partial charge < -0.3 is 32.3 Å². The number of halogens is 2. The maximum absolute atomic E-state index is 10.2.